The second-order valence-corrected chi connectivity index (χ2v) is 8.33. The molecule has 0 bridgehead atoms. The fraction of sp³-hybridized carbons (Fsp3) is 0.714. The molecule has 2 amide bonds. The number of hydrogen-bond donors (Lipinski definition) is 1. The molecule has 7 nitrogen and oxygen atoms in total. The first-order valence-electron chi connectivity index (χ1n) is 7.49. The number of likely N-dealkylation sites (tertiary alicyclic amines) is 1. The van der Waals surface area contributed by atoms with Crippen LogP contribution in [0.2, 0.25) is 0 Å². The van der Waals surface area contributed by atoms with Gasteiger partial charge in [0.15, 0.2) is 0 Å². The largest absolute Gasteiger partial charge is 0.335 e. The number of sulfone groups is 1. The zero-order chi connectivity index (χ0) is 16.3. The third-order valence-corrected chi connectivity index (χ3v) is 4.89. The van der Waals surface area contributed by atoms with Crippen LogP contribution in [0.15, 0.2) is 12.4 Å². The summed E-state index contributed by atoms with van der Waals surface area (Å²) in [6, 6.07) is -0.250. The molecule has 1 N–H and O–H groups in total. The minimum atomic E-state index is -3.00. The van der Waals surface area contributed by atoms with Gasteiger partial charge in [-0.05, 0) is 26.2 Å². The second kappa shape index (κ2) is 6.68. The van der Waals surface area contributed by atoms with Gasteiger partial charge in [0.1, 0.15) is 9.84 Å². The predicted molar refractivity (Wildman–Crippen MR) is 84.2 cm³/mol. The third-order valence-electron chi connectivity index (χ3n) is 3.91. The van der Waals surface area contributed by atoms with Gasteiger partial charge in [0.2, 0.25) is 0 Å². The molecule has 0 aliphatic carbocycles. The number of carbonyl (C=O) groups excluding carboxylic acids is 1. The van der Waals surface area contributed by atoms with Crippen molar-refractivity contribution in [2.24, 2.45) is 7.05 Å². The highest BCUT2D eigenvalue weighted by Crippen LogP contribution is 2.31. The van der Waals surface area contributed by atoms with Crippen molar-refractivity contribution in [3.05, 3.63) is 18.0 Å². The smallest absolute Gasteiger partial charge is 0.318 e. The molecular formula is C14H24N4O3S. The molecule has 1 fully saturated rings. The minimum Gasteiger partial charge on any atom is -0.335 e. The molecule has 0 saturated carbocycles. The Kier molecular flexibility index (Phi) is 5.10. The molecule has 8 heteroatoms. The summed E-state index contributed by atoms with van der Waals surface area (Å²) in [5, 5.41) is 7.06. The first kappa shape index (κ1) is 16.8. The highest BCUT2D eigenvalue weighted by Gasteiger charge is 2.31. The van der Waals surface area contributed by atoms with E-state index < -0.39 is 9.84 Å². The number of carbonyl (C=O) groups is 1. The van der Waals surface area contributed by atoms with E-state index >= 15 is 0 Å². The van der Waals surface area contributed by atoms with Crippen LogP contribution in [-0.4, -0.2) is 53.7 Å². The van der Waals surface area contributed by atoms with Gasteiger partial charge in [0.25, 0.3) is 0 Å². The summed E-state index contributed by atoms with van der Waals surface area (Å²) in [5.74, 6) is 0.0838. The zero-order valence-corrected chi connectivity index (χ0v) is 14.1. The number of amides is 2. The van der Waals surface area contributed by atoms with Crippen LogP contribution in [0.5, 0.6) is 0 Å². The van der Waals surface area contributed by atoms with Crippen molar-refractivity contribution in [2.45, 2.75) is 38.3 Å². The van der Waals surface area contributed by atoms with Gasteiger partial charge in [-0.1, -0.05) is 0 Å². The number of nitrogens with one attached hydrogen (secondary N) is 1. The summed E-state index contributed by atoms with van der Waals surface area (Å²) < 4.78 is 24.1. The molecule has 2 heterocycles. The van der Waals surface area contributed by atoms with Gasteiger partial charge in [0, 0.05) is 37.7 Å². The molecule has 0 radical (unpaired) electrons. The summed E-state index contributed by atoms with van der Waals surface area (Å²) in [6.45, 7) is 2.54. The van der Waals surface area contributed by atoms with Crippen molar-refractivity contribution >= 4 is 15.9 Å². The number of rotatable bonds is 5. The average Bonchev–Trinajstić information content (AvgIpc) is 3.03. The summed E-state index contributed by atoms with van der Waals surface area (Å²) in [5.41, 5.74) is 1.04. The lowest BCUT2D eigenvalue weighted by Gasteiger charge is -2.26. The van der Waals surface area contributed by atoms with E-state index in [1.165, 1.54) is 6.26 Å². The van der Waals surface area contributed by atoms with Crippen LogP contribution in [0.4, 0.5) is 4.79 Å². The Labute approximate surface area is 131 Å². The maximum absolute atomic E-state index is 12.4. The second-order valence-electron chi connectivity index (χ2n) is 6.07. The van der Waals surface area contributed by atoms with Gasteiger partial charge >= 0.3 is 6.03 Å². The Bertz CT molecular complexity index is 626. The Hall–Kier alpha value is -1.57. The van der Waals surface area contributed by atoms with Crippen molar-refractivity contribution < 1.29 is 13.2 Å². The standard InChI is InChI=1S/C14H24N4O3S/c1-11(6-8-22(3,20)21)16-14(19)18-7-4-5-13(18)12-9-15-17(2)10-12/h9-11,13H,4-8H2,1-3H3,(H,16,19)/t11-,13+/m0/s1. The zero-order valence-electron chi connectivity index (χ0n) is 13.3. The van der Waals surface area contributed by atoms with Crippen LogP contribution in [0.25, 0.3) is 0 Å². The Morgan fingerprint density at radius 3 is 2.86 bits per heavy atom. The molecule has 1 aliphatic heterocycles. The SMILES string of the molecule is C[C@@H](CCS(C)(=O)=O)NC(=O)N1CCC[C@@H]1c1cnn(C)c1. The van der Waals surface area contributed by atoms with E-state index in [9.17, 15) is 13.2 Å². The number of nitrogens with zero attached hydrogens (tertiary/aromatic N) is 3. The van der Waals surface area contributed by atoms with Crippen molar-refractivity contribution in [1.29, 1.82) is 0 Å². The first-order valence-corrected chi connectivity index (χ1v) is 9.56. The Morgan fingerprint density at radius 1 is 1.55 bits per heavy atom. The van der Waals surface area contributed by atoms with Crippen LogP contribution in [0.3, 0.4) is 0 Å². The molecule has 2 atom stereocenters. The van der Waals surface area contributed by atoms with Crippen molar-refractivity contribution in [3.63, 3.8) is 0 Å². The summed E-state index contributed by atoms with van der Waals surface area (Å²) in [4.78, 5) is 14.2. The van der Waals surface area contributed by atoms with Crippen LogP contribution in [-0.2, 0) is 16.9 Å². The number of hydrogen-bond acceptors (Lipinski definition) is 4. The van der Waals surface area contributed by atoms with E-state index in [2.05, 4.69) is 10.4 Å². The molecule has 124 valence electrons. The summed E-state index contributed by atoms with van der Waals surface area (Å²) in [7, 11) is -1.14. The highest BCUT2D eigenvalue weighted by atomic mass is 32.2. The van der Waals surface area contributed by atoms with Gasteiger partial charge in [-0.3, -0.25) is 4.68 Å². The van der Waals surface area contributed by atoms with E-state index in [1.54, 1.807) is 10.9 Å². The fourth-order valence-electron chi connectivity index (χ4n) is 2.73. The Morgan fingerprint density at radius 2 is 2.27 bits per heavy atom. The third kappa shape index (κ3) is 4.46. The topological polar surface area (TPSA) is 84.3 Å². The number of aromatic nitrogens is 2. The molecule has 1 aromatic heterocycles. The minimum absolute atomic E-state index is 0.0517. The quantitative estimate of drug-likeness (QED) is 0.877. The number of aryl methyl sites for hydroxylation is 1. The molecule has 0 spiro atoms. The van der Waals surface area contributed by atoms with Crippen molar-refractivity contribution in [1.82, 2.24) is 20.0 Å². The van der Waals surface area contributed by atoms with E-state index in [0.29, 0.717) is 13.0 Å². The van der Waals surface area contributed by atoms with E-state index in [-0.39, 0.29) is 23.9 Å². The van der Waals surface area contributed by atoms with Gasteiger partial charge in [-0.15, -0.1) is 0 Å². The van der Waals surface area contributed by atoms with Crippen LogP contribution >= 0.6 is 0 Å². The maximum Gasteiger partial charge on any atom is 0.318 e. The lowest BCUT2D eigenvalue weighted by molar-refractivity contribution is 0.189. The van der Waals surface area contributed by atoms with Gasteiger partial charge in [0.05, 0.1) is 18.0 Å². The monoisotopic (exact) mass is 328 g/mol. The molecule has 1 saturated heterocycles. The molecular weight excluding hydrogens is 304 g/mol. The van der Waals surface area contributed by atoms with Gasteiger partial charge in [-0.2, -0.15) is 5.10 Å². The molecule has 1 aliphatic rings. The average molecular weight is 328 g/mol. The van der Waals surface area contributed by atoms with Crippen LogP contribution in [0.1, 0.15) is 37.8 Å². The van der Waals surface area contributed by atoms with E-state index in [0.717, 1.165) is 18.4 Å². The van der Waals surface area contributed by atoms with Crippen molar-refractivity contribution in [3.8, 4) is 0 Å². The lowest BCUT2D eigenvalue weighted by atomic mass is 10.1. The lowest BCUT2D eigenvalue weighted by Crippen LogP contribution is -2.43. The highest BCUT2D eigenvalue weighted by molar-refractivity contribution is 7.90. The van der Waals surface area contributed by atoms with E-state index in [1.807, 2.05) is 25.1 Å². The van der Waals surface area contributed by atoms with Crippen molar-refractivity contribution in [2.75, 3.05) is 18.6 Å². The summed E-state index contributed by atoms with van der Waals surface area (Å²) >= 11 is 0. The maximum atomic E-state index is 12.4. The normalized spacial score (nSPS) is 20.1. The number of urea groups is 1. The predicted octanol–water partition coefficient (Wildman–Crippen LogP) is 1.09. The fourth-order valence-corrected chi connectivity index (χ4v) is 3.51. The summed E-state index contributed by atoms with van der Waals surface area (Å²) in [6.07, 6.45) is 7.25. The molecule has 0 aromatic carbocycles. The molecule has 0 unspecified atom stereocenters. The Balaban J connectivity index is 1.93. The first-order chi connectivity index (χ1) is 10.3. The molecule has 22 heavy (non-hydrogen) atoms. The molecule has 2 rings (SSSR count). The van der Waals surface area contributed by atoms with Gasteiger partial charge in [-0.25, -0.2) is 13.2 Å². The molecule has 1 aromatic rings. The van der Waals surface area contributed by atoms with Gasteiger partial charge < -0.3 is 10.2 Å². The van der Waals surface area contributed by atoms with E-state index in [4.69, 9.17) is 0 Å². The van der Waals surface area contributed by atoms with Crippen LogP contribution in [0, 0.1) is 0 Å². The van der Waals surface area contributed by atoms with Crippen LogP contribution < -0.4 is 5.32 Å².